The monoisotopic (exact) mass is 260 g/mol. The van der Waals surface area contributed by atoms with Gasteiger partial charge in [0.05, 0.1) is 18.9 Å². The minimum Gasteiger partial charge on any atom is -0.386 e. The van der Waals surface area contributed by atoms with Crippen LogP contribution in [-0.2, 0) is 6.54 Å². The Labute approximate surface area is 98.4 Å². The molecule has 0 aliphatic heterocycles. The molecule has 10 heteroatoms. The summed E-state index contributed by atoms with van der Waals surface area (Å²) in [5.41, 5.74) is 0. The lowest BCUT2D eigenvalue weighted by molar-refractivity contribution is -0.276. The standard InChI is InChI=1S/C8H7F3N6O/c9-8(10,11)18-7-3-13-5(1-14-7)12-2-6-15-4-16-17-6/h1,3-4H,2H2,(H,12,13)(H,15,16,17). The van der Waals surface area contributed by atoms with Crippen molar-refractivity contribution in [2.75, 3.05) is 5.32 Å². The zero-order valence-electron chi connectivity index (χ0n) is 8.77. The van der Waals surface area contributed by atoms with E-state index in [0.717, 1.165) is 12.4 Å². The van der Waals surface area contributed by atoms with Crippen molar-refractivity contribution in [3.8, 4) is 5.88 Å². The van der Waals surface area contributed by atoms with Crippen LogP contribution in [0.2, 0.25) is 0 Å². The number of nitrogens with one attached hydrogen (secondary N) is 2. The quantitative estimate of drug-likeness (QED) is 0.855. The highest BCUT2D eigenvalue weighted by molar-refractivity contribution is 5.32. The molecule has 0 bridgehead atoms. The van der Waals surface area contributed by atoms with E-state index in [1.807, 2.05) is 0 Å². The van der Waals surface area contributed by atoms with Crippen LogP contribution in [0.5, 0.6) is 5.88 Å². The number of alkyl halides is 3. The first-order valence-corrected chi connectivity index (χ1v) is 4.69. The van der Waals surface area contributed by atoms with Crippen LogP contribution < -0.4 is 10.1 Å². The van der Waals surface area contributed by atoms with Crippen molar-refractivity contribution in [2.24, 2.45) is 0 Å². The van der Waals surface area contributed by atoms with E-state index in [2.05, 4.69) is 35.2 Å². The number of aromatic nitrogens is 5. The normalized spacial score (nSPS) is 11.3. The molecule has 2 heterocycles. The van der Waals surface area contributed by atoms with Crippen LogP contribution in [0.25, 0.3) is 0 Å². The summed E-state index contributed by atoms with van der Waals surface area (Å²) in [6.07, 6.45) is -1.44. The van der Waals surface area contributed by atoms with Gasteiger partial charge in [-0.25, -0.2) is 15.0 Å². The molecule has 0 amide bonds. The fraction of sp³-hybridized carbons (Fsp3) is 0.250. The van der Waals surface area contributed by atoms with Gasteiger partial charge in [0.2, 0.25) is 5.88 Å². The number of aromatic amines is 1. The van der Waals surface area contributed by atoms with E-state index in [9.17, 15) is 13.2 Å². The molecule has 7 nitrogen and oxygen atoms in total. The third kappa shape index (κ3) is 3.57. The third-order valence-electron chi connectivity index (χ3n) is 1.75. The maximum absolute atomic E-state index is 11.9. The summed E-state index contributed by atoms with van der Waals surface area (Å²) in [6, 6.07) is 0. The molecular weight excluding hydrogens is 253 g/mol. The lowest BCUT2D eigenvalue weighted by Crippen LogP contribution is -2.18. The first-order chi connectivity index (χ1) is 8.53. The molecule has 0 spiro atoms. The number of ether oxygens (including phenoxy) is 1. The van der Waals surface area contributed by atoms with Gasteiger partial charge in [0.15, 0.2) is 0 Å². The van der Waals surface area contributed by atoms with Gasteiger partial charge in [0.25, 0.3) is 0 Å². The molecule has 96 valence electrons. The van der Waals surface area contributed by atoms with E-state index < -0.39 is 12.2 Å². The Hall–Kier alpha value is -2.39. The molecular formula is C8H7F3N6O. The summed E-state index contributed by atoms with van der Waals surface area (Å²) >= 11 is 0. The van der Waals surface area contributed by atoms with Crippen molar-refractivity contribution in [1.29, 1.82) is 0 Å². The van der Waals surface area contributed by atoms with E-state index in [1.54, 1.807) is 0 Å². The largest absolute Gasteiger partial charge is 0.574 e. The topological polar surface area (TPSA) is 88.6 Å². The lowest BCUT2D eigenvalue weighted by atomic mass is 10.5. The van der Waals surface area contributed by atoms with Gasteiger partial charge >= 0.3 is 6.36 Å². The van der Waals surface area contributed by atoms with Crippen molar-refractivity contribution in [1.82, 2.24) is 25.1 Å². The van der Waals surface area contributed by atoms with Gasteiger partial charge in [-0.1, -0.05) is 0 Å². The molecule has 0 saturated carbocycles. The van der Waals surface area contributed by atoms with Gasteiger partial charge in [-0.15, -0.1) is 13.2 Å². The second kappa shape index (κ2) is 4.85. The molecule has 2 N–H and O–H groups in total. The van der Waals surface area contributed by atoms with Crippen molar-refractivity contribution < 1.29 is 17.9 Å². The number of H-pyrrole nitrogens is 1. The summed E-state index contributed by atoms with van der Waals surface area (Å²) in [6.45, 7) is 0.300. The predicted octanol–water partition coefficient (Wildman–Crippen LogP) is 1.11. The molecule has 0 aromatic carbocycles. The maximum Gasteiger partial charge on any atom is 0.574 e. The molecule has 0 radical (unpaired) electrons. The van der Waals surface area contributed by atoms with Crippen LogP contribution in [-0.4, -0.2) is 31.5 Å². The molecule has 2 aromatic heterocycles. The first-order valence-electron chi connectivity index (χ1n) is 4.69. The molecule has 0 aliphatic carbocycles. The van der Waals surface area contributed by atoms with Crippen LogP contribution in [0.15, 0.2) is 18.7 Å². The van der Waals surface area contributed by atoms with Crippen LogP contribution in [0, 0.1) is 0 Å². The number of halogens is 3. The second-order valence-corrected chi connectivity index (χ2v) is 3.07. The first kappa shape index (κ1) is 12.1. The molecule has 2 aromatic rings. The van der Waals surface area contributed by atoms with E-state index in [1.165, 1.54) is 6.33 Å². The summed E-state index contributed by atoms with van der Waals surface area (Å²) in [5.74, 6) is 0.237. The minimum absolute atomic E-state index is 0.293. The van der Waals surface area contributed by atoms with E-state index in [0.29, 0.717) is 18.2 Å². The molecule has 2 rings (SSSR count). The van der Waals surface area contributed by atoms with Crippen LogP contribution in [0.4, 0.5) is 19.0 Å². The Morgan fingerprint density at radius 1 is 1.22 bits per heavy atom. The smallest absolute Gasteiger partial charge is 0.386 e. The number of hydrogen-bond donors (Lipinski definition) is 2. The summed E-state index contributed by atoms with van der Waals surface area (Å²) < 4.78 is 39.1. The van der Waals surface area contributed by atoms with Gasteiger partial charge in [-0.3, -0.25) is 5.10 Å². The highest BCUT2D eigenvalue weighted by atomic mass is 19.4. The third-order valence-corrected chi connectivity index (χ3v) is 1.75. The number of rotatable bonds is 4. The molecule has 0 aliphatic rings. The molecule has 0 saturated heterocycles. The highest BCUT2D eigenvalue weighted by Gasteiger charge is 2.31. The summed E-state index contributed by atoms with van der Waals surface area (Å²) in [5, 5.41) is 9.03. The van der Waals surface area contributed by atoms with Crippen LogP contribution in [0.3, 0.4) is 0 Å². The number of hydrogen-bond acceptors (Lipinski definition) is 6. The van der Waals surface area contributed by atoms with E-state index >= 15 is 0 Å². The number of nitrogens with zero attached hydrogens (tertiary/aromatic N) is 4. The Morgan fingerprint density at radius 3 is 2.61 bits per heavy atom. The van der Waals surface area contributed by atoms with Crippen molar-refractivity contribution in [3.05, 3.63) is 24.5 Å². The fourth-order valence-corrected chi connectivity index (χ4v) is 1.07. The Kier molecular flexibility index (Phi) is 3.26. The lowest BCUT2D eigenvalue weighted by Gasteiger charge is -2.08. The Morgan fingerprint density at radius 2 is 2.06 bits per heavy atom. The Balaban J connectivity index is 1.91. The van der Waals surface area contributed by atoms with Crippen LogP contribution >= 0.6 is 0 Å². The SMILES string of the molecule is FC(F)(F)Oc1cnc(NCc2ncn[nH]2)cn1. The molecule has 18 heavy (non-hydrogen) atoms. The Bertz CT molecular complexity index is 483. The summed E-state index contributed by atoms with van der Waals surface area (Å²) in [7, 11) is 0. The summed E-state index contributed by atoms with van der Waals surface area (Å²) in [4.78, 5) is 11.0. The van der Waals surface area contributed by atoms with Gasteiger partial charge in [0, 0.05) is 0 Å². The van der Waals surface area contributed by atoms with Crippen LogP contribution in [0.1, 0.15) is 5.82 Å². The number of anilines is 1. The minimum atomic E-state index is -4.77. The van der Waals surface area contributed by atoms with E-state index in [-0.39, 0.29) is 0 Å². The van der Waals surface area contributed by atoms with Gasteiger partial charge in [-0.2, -0.15) is 5.10 Å². The van der Waals surface area contributed by atoms with Crippen molar-refractivity contribution in [2.45, 2.75) is 12.9 Å². The molecule has 0 unspecified atom stereocenters. The van der Waals surface area contributed by atoms with E-state index in [4.69, 9.17) is 0 Å². The maximum atomic E-state index is 11.9. The van der Waals surface area contributed by atoms with Gasteiger partial charge < -0.3 is 10.1 Å². The molecule has 0 fully saturated rings. The second-order valence-electron chi connectivity index (χ2n) is 3.07. The van der Waals surface area contributed by atoms with Crippen molar-refractivity contribution in [3.63, 3.8) is 0 Å². The fourth-order valence-electron chi connectivity index (χ4n) is 1.07. The average molecular weight is 260 g/mol. The zero-order valence-corrected chi connectivity index (χ0v) is 8.77. The predicted molar refractivity (Wildman–Crippen MR) is 52.4 cm³/mol. The molecule has 0 atom stereocenters. The van der Waals surface area contributed by atoms with Gasteiger partial charge in [0.1, 0.15) is 18.0 Å². The zero-order chi connectivity index (χ0) is 13.0. The average Bonchev–Trinajstić information content (AvgIpc) is 2.79. The highest BCUT2D eigenvalue weighted by Crippen LogP contribution is 2.20. The van der Waals surface area contributed by atoms with Crippen molar-refractivity contribution >= 4 is 5.82 Å². The van der Waals surface area contributed by atoms with Gasteiger partial charge in [-0.05, 0) is 0 Å².